The Morgan fingerprint density at radius 1 is 1.12 bits per heavy atom. The number of hydrogen-bond donors (Lipinski definition) is 0. The van der Waals surface area contributed by atoms with Crippen LogP contribution in [-0.4, -0.2) is 4.57 Å². The largest absolute Gasteiger partial charge is 1.00 e. The lowest BCUT2D eigenvalue weighted by atomic mass is 10.1. The summed E-state index contributed by atoms with van der Waals surface area (Å²) in [4.78, 5) is 0. The number of aromatic nitrogens is 2. The van der Waals surface area contributed by atoms with Crippen molar-refractivity contribution in [3.63, 3.8) is 0 Å². The highest BCUT2D eigenvalue weighted by molar-refractivity contribution is 5.38. The lowest BCUT2D eigenvalue weighted by Crippen LogP contribution is -3.00. The number of rotatable bonds is 3. The van der Waals surface area contributed by atoms with Crippen molar-refractivity contribution in [3.05, 3.63) is 48.0 Å². The van der Waals surface area contributed by atoms with E-state index < -0.39 is 0 Å². The number of hydrogen-bond acceptors (Lipinski definition) is 0. The van der Waals surface area contributed by atoms with Gasteiger partial charge in [-0.25, -0.2) is 9.13 Å². The molecule has 2 nitrogen and oxygen atoms in total. The summed E-state index contributed by atoms with van der Waals surface area (Å²) in [5.41, 5.74) is 3.86. The first-order valence-corrected chi connectivity index (χ1v) is 5.85. The summed E-state index contributed by atoms with van der Waals surface area (Å²) in [6, 6.07) is 6.62. The molecule has 17 heavy (non-hydrogen) atoms. The van der Waals surface area contributed by atoms with E-state index in [0.29, 0.717) is 0 Å². The van der Waals surface area contributed by atoms with Gasteiger partial charge in [0.15, 0.2) is 0 Å². The maximum atomic E-state index is 2.22. The number of imidazole rings is 1. The Balaban J connectivity index is 0.00000144. The van der Waals surface area contributed by atoms with Crippen molar-refractivity contribution in [1.29, 1.82) is 0 Å². The van der Waals surface area contributed by atoms with E-state index in [9.17, 15) is 0 Å². The first-order valence-electron chi connectivity index (χ1n) is 5.85. The van der Waals surface area contributed by atoms with Gasteiger partial charge in [0.1, 0.15) is 18.1 Å². The molecule has 0 amide bonds. The van der Waals surface area contributed by atoms with Gasteiger partial charge in [-0.3, -0.25) is 0 Å². The van der Waals surface area contributed by atoms with Crippen LogP contribution < -0.4 is 21.5 Å². The van der Waals surface area contributed by atoms with Crippen molar-refractivity contribution in [2.45, 2.75) is 33.7 Å². The van der Waals surface area contributed by atoms with Gasteiger partial charge in [-0.15, -0.1) is 0 Å². The summed E-state index contributed by atoms with van der Waals surface area (Å²) in [6.07, 6.45) is 7.56. The second-order valence-electron chi connectivity index (χ2n) is 4.40. The van der Waals surface area contributed by atoms with Crippen molar-refractivity contribution in [2.24, 2.45) is 0 Å². The molecule has 0 spiro atoms. The highest BCUT2D eigenvalue weighted by atomic mass is 79.9. The second-order valence-corrected chi connectivity index (χ2v) is 4.40. The fraction of sp³-hybridized carbons (Fsp3) is 0.357. The first kappa shape index (κ1) is 14.0. The molecule has 0 atom stereocenters. The molecule has 0 aliphatic rings. The summed E-state index contributed by atoms with van der Waals surface area (Å²) >= 11 is 0. The minimum atomic E-state index is 0. The van der Waals surface area contributed by atoms with Crippen LogP contribution in [0.3, 0.4) is 0 Å². The molecular weight excluding hydrogens is 276 g/mol. The Kier molecular flexibility index (Phi) is 4.94. The van der Waals surface area contributed by atoms with Gasteiger partial charge < -0.3 is 17.0 Å². The summed E-state index contributed by atoms with van der Waals surface area (Å²) in [5.74, 6) is 0. The molecule has 0 aliphatic carbocycles. The molecule has 2 aromatic rings. The Morgan fingerprint density at radius 2 is 1.76 bits per heavy atom. The molecule has 0 bridgehead atoms. The molecule has 0 saturated carbocycles. The van der Waals surface area contributed by atoms with Gasteiger partial charge in [-0.2, -0.15) is 0 Å². The van der Waals surface area contributed by atoms with Gasteiger partial charge >= 0.3 is 0 Å². The van der Waals surface area contributed by atoms with Gasteiger partial charge in [0.2, 0.25) is 6.33 Å². The molecule has 1 aromatic carbocycles. The van der Waals surface area contributed by atoms with Crippen LogP contribution >= 0.6 is 0 Å². The topological polar surface area (TPSA) is 8.81 Å². The van der Waals surface area contributed by atoms with E-state index >= 15 is 0 Å². The standard InChI is InChI=1S/C14H19N2.BrH/c1-4-5-15-6-7-16(11-15)14-9-12(2)8-13(3)10-14;/h6-11H,4-5H2,1-3H3;1H/q+1;/p-1. The highest BCUT2D eigenvalue weighted by Crippen LogP contribution is 2.12. The first-order chi connectivity index (χ1) is 7.69. The van der Waals surface area contributed by atoms with E-state index in [1.54, 1.807) is 0 Å². The molecule has 92 valence electrons. The number of halogens is 1. The smallest absolute Gasteiger partial charge is 0.248 e. The van der Waals surface area contributed by atoms with Crippen LogP contribution in [0.25, 0.3) is 5.69 Å². The van der Waals surface area contributed by atoms with Crippen LogP contribution in [0.5, 0.6) is 0 Å². The summed E-state index contributed by atoms with van der Waals surface area (Å²) in [6.45, 7) is 7.55. The van der Waals surface area contributed by atoms with Crippen LogP contribution in [0.2, 0.25) is 0 Å². The third-order valence-corrected chi connectivity index (χ3v) is 2.68. The molecule has 2 rings (SSSR count). The zero-order chi connectivity index (χ0) is 11.5. The predicted octanol–water partition coefficient (Wildman–Crippen LogP) is -0.204. The monoisotopic (exact) mass is 294 g/mol. The maximum absolute atomic E-state index is 2.22. The van der Waals surface area contributed by atoms with Crippen molar-refractivity contribution in [1.82, 2.24) is 4.57 Å². The van der Waals surface area contributed by atoms with Gasteiger partial charge in [-0.05, 0) is 43.5 Å². The highest BCUT2D eigenvalue weighted by Gasteiger charge is 2.06. The van der Waals surface area contributed by atoms with Crippen LogP contribution in [0.1, 0.15) is 24.5 Å². The van der Waals surface area contributed by atoms with Crippen LogP contribution in [0.15, 0.2) is 36.9 Å². The zero-order valence-electron chi connectivity index (χ0n) is 10.7. The normalized spacial score (nSPS) is 10.1. The third-order valence-electron chi connectivity index (χ3n) is 2.68. The van der Waals surface area contributed by atoms with Crippen LogP contribution in [0, 0.1) is 13.8 Å². The molecule has 1 aromatic heterocycles. The Morgan fingerprint density at radius 3 is 2.35 bits per heavy atom. The average molecular weight is 295 g/mol. The molecule has 3 heteroatoms. The molecule has 1 heterocycles. The van der Waals surface area contributed by atoms with Gasteiger partial charge in [0.25, 0.3) is 0 Å². The molecule has 0 saturated heterocycles. The van der Waals surface area contributed by atoms with E-state index in [4.69, 9.17) is 0 Å². The molecule has 0 fully saturated rings. The summed E-state index contributed by atoms with van der Waals surface area (Å²) < 4.78 is 4.40. The number of benzene rings is 1. The minimum Gasteiger partial charge on any atom is -1.00 e. The molecule has 0 N–H and O–H groups in total. The second kappa shape index (κ2) is 6.01. The lowest BCUT2D eigenvalue weighted by Gasteiger charge is -2.00. The van der Waals surface area contributed by atoms with Crippen molar-refractivity contribution >= 4 is 0 Å². The Labute approximate surface area is 114 Å². The fourth-order valence-corrected chi connectivity index (χ4v) is 2.04. The Bertz CT molecular complexity index is 468. The van der Waals surface area contributed by atoms with Crippen molar-refractivity contribution < 1.29 is 21.5 Å². The molecular formula is C14H19BrN2. The van der Waals surface area contributed by atoms with Crippen LogP contribution in [-0.2, 0) is 6.54 Å². The minimum absolute atomic E-state index is 0. The molecule has 0 aliphatic heterocycles. The maximum Gasteiger partial charge on any atom is 0.248 e. The van der Waals surface area contributed by atoms with Gasteiger partial charge in [-0.1, -0.05) is 13.0 Å². The lowest BCUT2D eigenvalue weighted by molar-refractivity contribution is -0.696. The third kappa shape index (κ3) is 3.43. The number of nitrogens with zero attached hydrogens (tertiary/aromatic N) is 2. The summed E-state index contributed by atoms with van der Waals surface area (Å²) in [7, 11) is 0. The van der Waals surface area contributed by atoms with E-state index in [1.165, 1.54) is 23.2 Å². The molecule has 0 unspecified atom stereocenters. The van der Waals surface area contributed by atoms with E-state index in [2.05, 4.69) is 66.8 Å². The quantitative estimate of drug-likeness (QED) is 0.693. The zero-order valence-corrected chi connectivity index (χ0v) is 12.2. The SMILES string of the molecule is CCC[n+]1ccn(-c2cc(C)cc(C)c2)c1.[Br-]. The Hall–Kier alpha value is -1.09. The van der Waals surface area contributed by atoms with E-state index in [0.717, 1.165) is 6.54 Å². The van der Waals surface area contributed by atoms with Gasteiger partial charge in [0, 0.05) is 0 Å². The average Bonchev–Trinajstić information content (AvgIpc) is 2.65. The fourth-order valence-electron chi connectivity index (χ4n) is 2.04. The van der Waals surface area contributed by atoms with E-state index in [1.807, 2.05) is 0 Å². The molecule has 0 radical (unpaired) electrons. The predicted molar refractivity (Wildman–Crippen MR) is 65.7 cm³/mol. The van der Waals surface area contributed by atoms with Crippen molar-refractivity contribution in [3.8, 4) is 5.69 Å². The van der Waals surface area contributed by atoms with E-state index in [-0.39, 0.29) is 17.0 Å². The number of aryl methyl sites for hydroxylation is 3. The van der Waals surface area contributed by atoms with Gasteiger partial charge in [0.05, 0.1) is 6.54 Å². The summed E-state index contributed by atoms with van der Waals surface area (Å²) in [5, 5.41) is 0. The van der Waals surface area contributed by atoms with Crippen molar-refractivity contribution in [2.75, 3.05) is 0 Å². The van der Waals surface area contributed by atoms with Crippen LogP contribution in [0.4, 0.5) is 0 Å².